The zero-order valence-corrected chi connectivity index (χ0v) is 14.5. The van der Waals surface area contributed by atoms with Gasteiger partial charge in [0.1, 0.15) is 5.75 Å². The topological polar surface area (TPSA) is 33.3 Å². The van der Waals surface area contributed by atoms with Crippen molar-refractivity contribution < 1.29 is 4.74 Å². The highest BCUT2D eigenvalue weighted by Gasteiger charge is 1.99. The van der Waals surface area contributed by atoms with E-state index in [-0.39, 0.29) is 0 Å². The first-order valence-corrected chi connectivity index (χ1v) is 8.52. The van der Waals surface area contributed by atoms with Crippen molar-refractivity contribution in [1.29, 1.82) is 0 Å². The molecule has 0 saturated carbocycles. The molecule has 0 fully saturated rings. The van der Waals surface area contributed by atoms with E-state index < -0.39 is 0 Å². The van der Waals surface area contributed by atoms with E-state index in [9.17, 15) is 0 Å². The number of thioether (sulfide) groups is 1. The second-order valence-corrected chi connectivity index (χ2v) is 6.43. The van der Waals surface area contributed by atoms with Gasteiger partial charge >= 0.3 is 0 Å². The summed E-state index contributed by atoms with van der Waals surface area (Å²) in [6.45, 7) is 0.781. The quantitative estimate of drug-likeness (QED) is 0.456. The van der Waals surface area contributed by atoms with Gasteiger partial charge in [-0.2, -0.15) is 0 Å². The van der Waals surface area contributed by atoms with E-state index >= 15 is 0 Å². The number of thiocarbonyl (C=S) groups is 1. The van der Waals surface area contributed by atoms with Gasteiger partial charge in [0, 0.05) is 34.0 Å². The van der Waals surface area contributed by atoms with E-state index in [1.807, 2.05) is 48.5 Å². The molecule has 2 aromatic rings. The van der Waals surface area contributed by atoms with Gasteiger partial charge in [0.05, 0.1) is 7.11 Å². The molecule has 0 unspecified atom stereocenters. The lowest BCUT2D eigenvalue weighted by Crippen LogP contribution is -2.30. The SMILES string of the molecule is COc1cccc(NC(=S)NCCSc2ccc(Cl)cc2)c1. The molecule has 0 radical (unpaired) electrons. The van der Waals surface area contributed by atoms with Crippen molar-refractivity contribution in [1.82, 2.24) is 5.32 Å². The predicted octanol–water partition coefficient (Wildman–Crippen LogP) is 4.43. The van der Waals surface area contributed by atoms with Crippen LogP contribution in [-0.2, 0) is 0 Å². The van der Waals surface area contributed by atoms with Crippen LogP contribution in [0, 0.1) is 0 Å². The Morgan fingerprint density at radius 3 is 2.73 bits per heavy atom. The molecule has 0 bridgehead atoms. The summed E-state index contributed by atoms with van der Waals surface area (Å²) in [6.07, 6.45) is 0. The smallest absolute Gasteiger partial charge is 0.170 e. The van der Waals surface area contributed by atoms with Gasteiger partial charge in [-0.3, -0.25) is 0 Å². The Bertz CT molecular complexity index is 620. The second-order valence-electron chi connectivity index (χ2n) is 4.42. The van der Waals surface area contributed by atoms with Crippen LogP contribution in [0.4, 0.5) is 5.69 Å². The normalized spacial score (nSPS) is 10.1. The summed E-state index contributed by atoms with van der Waals surface area (Å²) in [5, 5.41) is 7.68. The monoisotopic (exact) mass is 352 g/mol. The minimum Gasteiger partial charge on any atom is -0.497 e. The Hall–Kier alpha value is -1.43. The van der Waals surface area contributed by atoms with Crippen molar-refractivity contribution in [3.63, 3.8) is 0 Å². The molecule has 0 saturated heterocycles. The Labute approximate surface area is 145 Å². The summed E-state index contributed by atoms with van der Waals surface area (Å²) in [4.78, 5) is 1.19. The van der Waals surface area contributed by atoms with Gasteiger partial charge in [0.15, 0.2) is 5.11 Å². The lowest BCUT2D eigenvalue weighted by molar-refractivity contribution is 0.415. The number of anilines is 1. The number of ether oxygens (including phenoxy) is 1. The van der Waals surface area contributed by atoms with Crippen molar-refractivity contribution in [2.45, 2.75) is 4.90 Å². The number of methoxy groups -OCH3 is 1. The Morgan fingerprint density at radius 1 is 1.23 bits per heavy atom. The summed E-state index contributed by atoms with van der Waals surface area (Å²) in [7, 11) is 1.64. The zero-order valence-electron chi connectivity index (χ0n) is 12.1. The third kappa shape index (κ3) is 5.75. The van der Waals surface area contributed by atoms with E-state index in [0.29, 0.717) is 5.11 Å². The summed E-state index contributed by atoms with van der Waals surface area (Å²) >= 11 is 12.9. The zero-order chi connectivity index (χ0) is 15.8. The number of nitrogens with one attached hydrogen (secondary N) is 2. The lowest BCUT2D eigenvalue weighted by atomic mass is 10.3. The van der Waals surface area contributed by atoms with Crippen molar-refractivity contribution >= 4 is 46.4 Å². The van der Waals surface area contributed by atoms with Crippen LogP contribution in [0.15, 0.2) is 53.4 Å². The molecule has 0 spiro atoms. The summed E-state index contributed by atoms with van der Waals surface area (Å²) < 4.78 is 5.18. The van der Waals surface area contributed by atoms with Crippen LogP contribution in [0.1, 0.15) is 0 Å². The van der Waals surface area contributed by atoms with E-state index in [1.54, 1.807) is 18.9 Å². The third-order valence-electron chi connectivity index (χ3n) is 2.80. The molecule has 2 aromatic carbocycles. The predicted molar refractivity (Wildman–Crippen MR) is 99.4 cm³/mol. The van der Waals surface area contributed by atoms with Gasteiger partial charge in [-0.25, -0.2) is 0 Å². The molecule has 116 valence electrons. The average Bonchev–Trinajstić information content (AvgIpc) is 2.53. The van der Waals surface area contributed by atoms with Crippen LogP contribution in [0.5, 0.6) is 5.75 Å². The molecule has 0 aliphatic rings. The molecular weight excluding hydrogens is 336 g/mol. The minimum absolute atomic E-state index is 0.602. The second kappa shape index (κ2) is 8.88. The maximum atomic E-state index is 5.86. The highest BCUT2D eigenvalue weighted by molar-refractivity contribution is 7.99. The molecular formula is C16H17ClN2OS2. The number of hydrogen-bond donors (Lipinski definition) is 2. The fraction of sp³-hybridized carbons (Fsp3) is 0.188. The first kappa shape index (κ1) is 16.9. The van der Waals surface area contributed by atoms with Crippen LogP contribution in [0.2, 0.25) is 5.02 Å². The van der Waals surface area contributed by atoms with Crippen LogP contribution in [0.3, 0.4) is 0 Å². The maximum Gasteiger partial charge on any atom is 0.170 e. The van der Waals surface area contributed by atoms with Crippen LogP contribution < -0.4 is 15.4 Å². The first-order chi connectivity index (χ1) is 10.7. The number of benzene rings is 2. The Balaban J connectivity index is 1.70. The van der Waals surface area contributed by atoms with E-state index in [0.717, 1.165) is 28.8 Å². The van der Waals surface area contributed by atoms with E-state index in [2.05, 4.69) is 10.6 Å². The van der Waals surface area contributed by atoms with Crippen molar-refractivity contribution in [3.8, 4) is 5.75 Å². The van der Waals surface area contributed by atoms with Crippen molar-refractivity contribution in [2.75, 3.05) is 24.7 Å². The standard InChI is InChI=1S/C16H17ClN2OS2/c1-20-14-4-2-3-13(11-14)19-16(21)18-9-10-22-15-7-5-12(17)6-8-15/h2-8,11H,9-10H2,1H3,(H2,18,19,21). The minimum atomic E-state index is 0.602. The van der Waals surface area contributed by atoms with E-state index in [1.165, 1.54) is 4.90 Å². The number of rotatable bonds is 6. The molecule has 2 N–H and O–H groups in total. The molecule has 22 heavy (non-hydrogen) atoms. The molecule has 0 amide bonds. The highest BCUT2D eigenvalue weighted by atomic mass is 35.5. The molecule has 2 rings (SSSR count). The largest absolute Gasteiger partial charge is 0.497 e. The molecule has 0 aliphatic carbocycles. The summed E-state index contributed by atoms with van der Waals surface area (Å²) in [5.74, 6) is 1.72. The molecule has 0 heterocycles. The molecule has 0 atom stereocenters. The summed E-state index contributed by atoms with van der Waals surface area (Å²) in [6, 6.07) is 15.5. The summed E-state index contributed by atoms with van der Waals surface area (Å²) in [5.41, 5.74) is 0.905. The first-order valence-electron chi connectivity index (χ1n) is 6.74. The maximum absolute atomic E-state index is 5.86. The Morgan fingerprint density at radius 2 is 2.00 bits per heavy atom. The molecule has 0 aromatic heterocycles. The van der Waals surface area contributed by atoms with Gasteiger partial charge in [0.2, 0.25) is 0 Å². The van der Waals surface area contributed by atoms with Crippen LogP contribution in [0.25, 0.3) is 0 Å². The average molecular weight is 353 g/mol. The van der Waals surface area contributed by atoms with Crippen molar-refractivity contribution in [2.24, 2.45) is 0 Å². The molecule has 3 nitrogen and oxygen atoms in total. The van der Waals surface area contributed by atoms with Crippen LogP contribution in [-0.4, -0.2) is 24.5 Å². The van der Waals surface area contributed by atoms with Gasteiger partial charge in [-0.05, 0) is 48.6 Å². The van der Waals surface area contributed by atoms with Gasteiger partial charge in [-0.15, -0.1) is 11.8 Å². The third-order valence-corrected chi connectivity index (χ3v) is 4.31. The lowest BCUT2D eigenvalue weighted by Gasteiger charge is -2.11. The fourth-order valence-electron chi connectivity index (χ4n) is 1.74. The van der Waals surface area contributed by atoms with Gasteiger partial charge in [0.25, 0.3) is 0 Å². The van der Waals surface area contributed by atoms with E-state index in [4.69, 9.17) is 28.6 Å². The highest BCUT2D eigenvalue weighted by Crippen LogP contribution is 2.20. The number of hydrogen-bond acceptors (Lipinski definition) is 3. The van der Waals surface area contributed by atoms with Gasteiger partial charge in [-0.1, -0.05) is 17.7 Å². The van der Waals surface area contributed by atoms with Crippen LogP contribution >= 0.6 is 35.6 Å². The fourth-order valence-corrected chi connectivity index (χ4v) is 2.85. The Kier molecular flexibility index (Phi) is 6.83. The van der Waals surface area contributed by atoms with Gasteiger partial charge < -0.3 is 15.4 Å². The number of halogens is 1. The molecule has 6 heteroatoms. The van der Waals surface area contributed by atoms with Crippen molar-refractivity contribution in [3.05, 3.63) is 53.6 Å². The molecule has 0 aliphatic heterocycles.